The SMILES string of the molecule is CC[C@@H](O)/C=C/[C@H]1O[C@H]([C@@H](O)C/C=C\C/C=C\C/C=C\CCC(=O)O)C[C@@H]1O. The van der Waals surface area contributed by atoms with Gasteiger partial charge in [0.1, 0.15) is 6.10 Å². The molecule has 0 aromatic rings. The van der Waals surface area contributed by atoms with E-state index in [1.54, 1.807) is 12.2 Å². The van der Waals surface area contributed by atoms with Crippen molar-refractivity contribution in [2.45, 2.75) is 82.4 Å². The maximum Gasteiger partial charge on any atom is 0.303 e. The van der Waals surface area contributed by atoms with Gasteiger partial charge in [0, 0.05) is 12.8 Å². The quantitative estimate of drug-likeness (QED) is 0.358. The van der Waals surface area contributed by atoms with Gasteiger partial charge in [0.25, 0.3) is 0 Å². The van der Waals surface area contributed by atoms with Crippen LogP contribution in [0.25, 0.3) is 0 Å². The molecule has 0 unspecified atom stereocenters. The van der Waals surface area contributed by atoms with Crippen LogP contribution >= 0.6 is 0 Å². The van der Waals surface area contributed by atoms with Crippen molar-refractivity contribution in [2.24, 2.45) is 0 Å². The van der Waals surface area contributed by atoms with Gasteiger partial charge in [-0.15, -0.1) is 0 Å². The molecule has 0 amide bonds. The summed E-state index contributed by atoms with van der Waals surface area (Å²) in [6.07, 6.45) is 15.9. The molecule has 0 radical (unpaired) electrons. The summed E-state index contributed by atoms with van der Waals surface area (Å²) in [6, 6.07) is 0. The number of carbonyl (C=O) groups is 1. The minimum atomic E-state index is -0.785. The average molecular weight is 395 g/mol. The molecule has 1 saturated heterocycles. The second-order valence-corrected chi connectivity index (χ2v) is 6.92. The maximum absolute atomic E-state index is 10.4. The summed E-state index contributed by atoms with van der Waals surface area (Å²) in [7, 11) is 0. The van der Waals surface area contributed by atoms with Gasteiger partial charge in [-0.25, -0.2) is 0 Å². The third kappa shape index (κ3) is 10.6. The van der Waals surface area contributed by atoms with E-state index in [1.165, 1.54) is 0 Å². The van der Waals surface area contributed by atoms with Crippen molar-refractivity contribution in [2.75, 3.05) is 0 Å². The van der Waals surface area contributed by atoms with E-state index in [1.807, 2.05) is 43.4 Å². The molecule has 1 aliphatic rings. The highest BCUT2D eigenvalue weighted by Crippen LogP contribution is 2.25. The van der Waals surface area contributed by atoms with Crippen LogP contribution in [0, 0.1) is 0 Å². The standard InChI is InChI=1S/C22H34O6/c1-2-17(23)14-15-20-19(25)16-21(28-20)18(24)12-10-8-6-4-3-5-7-9-11-13-22(26)27/h3-4,7-10,14-15,17-21,23-25H,2,5-6,11-13,16H2,1H3,(H,26,27)/b4-3-,9-7-,10-8-,15-14+/t17-,18+,19+,20-,21+/m1/s1. The number of ether oxygens (including phenoxy) is 1. The van der Waals surface area contributed by atoms with Crippen LogP contribution in [0.15, 0.2) is 48.6 Å². The van der Waals surface area contributed by atoms with Crippen molar-refractivity contribution in [3.05, 3.63) is 48.6 Å². The molecule has 0 saturated carbocycles. The number of carboxylic acids is 1. The summed E-state index contributed by atoms with van der Waals surface area (Å²) >= 11 is 0. The summed E-state index contributed by atoms with van der Waals surface area (Å²) in [4.78, 5) is 10.4. The number of carboxylic acid groups (broad SMARTS) is 1. The van der Waals surface area contributed by atoms with Gasteiger partial charge >= 0.3 is 5.97 Å². The van der Waals surface area contributed by atoms with Crippen LogP contribution in [0.5, 0.6) is 0 Å². The van der Waals surface area contributed by atoms with Crippen LogP contribution in [0.3, 0.4) is 0 Å². The molecule has 1 rings (SSSR count). The van der Waals surface area contributed by atoms with Gasteiger partial charge in [0.2, 0.25) is 0 Å². The van der Waals surface area contributed by atoms with Crippen molar-refractivity contribution in [1.82, 2.24) is 0 Å². The number of rotatable bonds is 13. The molecule has 5 atom stereocenters. The third-order valence-electron chi connectivity index (χ3n) is 4.50. The van der Waals surface area contributed by atoms with Crippen molar-refractivity contribution in [3.63, 3.8) is 0 Å². The van der Waals surface area contributed by atoms with Gasteiger partial charge in [-0.05, 0) is 32.1 Å². The average Bonchev–Trinajstić information content (AvgIpc) is 3.04. The Morgan fingerprint density at radius 1 is 1.11 bits per heavy atom. The Morgan fingerprint density at radius 2 is 1.75 bits per heavy atom. The van der Waals surface area contributed by atoms with Gasteiger partial charge in [0.05, 0.1) is 24.4 Å². The molecule has 0 bridgehead atoms. The summed E-state index contributed by atoms with van der Waals surface area (Å²) in [5, 5.41) is 38.3. The van der Waals surface area contributed by atoms with E-state index >= 15 is 0 Å². The highest BCUT2D eigenvalue weighted by molar-refractivity contribution is 5.66. The molecule has 0 aromatic heterocycles. The van der Waals surface area contributed by atoms with Crippen molar-refractivity contribution in [3.8, 4) is 0 Å². The zero-order valence-corrected chi connectivity index (χ0v) is 16.6. The van der Waals surface area contributed by atoms with Gasteiger partial charge in [-0.1, -0.05) is 55.5 Å². The smallest absolute Gasteiger partial charge is 0.303 e. The second-order valence-electron chi connectivity index (χ2n) is 6.92. The molecule has 1 fully saturated rings. The molecule has 4 N–H and O–H groups in total. The highest BCUT2D eigenvalue weighted by atomic mass is 16.5. The Hall–Kier alpha value is -1.73. The Morgan fingerprint density at radius 3 is 2.39 bits per heavy atom. The van der Waals surface area contributed by atoms with E-state index in [2.05, 4.69) is 0 Å². The minimum Gasteiger partial charge on any atom is -0.481 e. The minimum absolute atomic E-state index is 0.157. The van der Waals surface area contributed by atoms with E-state index in [0.29, 0.717) is 25.7 Å². The van der Waals surface area contributed by atoms with E-state index in [-0.39, 0.29) is 6.42 Å². The third-order valence-corrected chi connectivity index (χ3v) is 4.50. The Bertz CT molecular complexity index is 551. The predicted octanol–water partition coefficient (Wildman–Crippen LogP) is 2.90. The summed E-state index contributed by atoms with van der Waals surface area (Å²) < 4.78 is 5.70. The Balaban J connectivity index is 2.22. The fourth-order valence-electron chi connectivity index (χ4n) is 2.77. The van der Waals surface area contributed by atoms with Gasteiger partial charge in [-0.3, -0.25) is 4.79 Å². The largest absolute Gasteiger partial charge is 0.481 e. The van der Waals surface area contributed by atoms with Crippen LogP contribution in [-0.4, -0.2) is 56.9 Å². The van der Waals surface area contributed by atoms with Crippen LogP contribution in [0.4, 0.5) is 0 Å². The van der Waals surface area contributed by atoms with Crippen LogP contribution in [0.2, 0.25) is 0 Å². The first-order valence-electron chi connectivity index (χ1n) is 9.98. The number of aliphatic hydroxyl groups excluding tert-OH is 3. The fourth-order valence-corrected chi connectivity index (χ4v) is 2.77. The molecular formula is C22H34O6. The molecule has 158 valence electrons. The summed E-state index contributed by atoms with van der Waals surface area (Å²) in [5.74, 6) is -0.785. The lowest BCUT2D eigenvalue weighted by molar-refractivity contribution is -0.136. The molecule has 28 heavy (non-hydrogen) atoms. The topological polar surface area (TPSA) is 107 Å². The Labute approximate surface area is 167 Å². The maximum atomic E-state index is 10.4. The van der Waals surface area contributed by atoms with Crippen LogP contribution < -0.4 is 0 Å². The van der Waals surface area contributed by atoms with E-state index in [9.17, 15) is 20.1 Å². The molecule has 0 aromatic carbocycles. The van der Waals surface area contributed by atoms with Crippen molar-refractivity contribution >= 4 is 5.97 Å². The van der Waals surface area contributed by atoms with Gasteiger partial charge in [-0.2, -0.15) is 0 Å². The van der Waals surface area contributed by atoms with Gasteiger partial charge < -0.3 is 25.2 Å². The summed E-state index contributed by atoms with van der Waals surface area (Å²) in [5.41, 5.74) is 0. The van der Waals surface area contributed by atoms with Gasteiger partial charge in [0.15, 0.2) is 0 Å². The molecule has 1 aliphatic heterocycles. The number of hydrogen-bond donors (Lipinski definition) is 4. The normalized spacial score (nSPS) is 25.5. The fraction of sp³-hybridized carbons (Fsp3) is 0.591. The number of aliphatic hydroxyl groups is 3. The molecule has 0 aliphatic carbocycles. The molecule has 6 nitrogen and oxygen atoms in total. The lowest BCUT2D eigenvalue weighted by Crippen LogP contribution is -2.25. The van der Waals surface area contributed by atoms with E-state index < -0.39 is 36.5 Å². The highest BCUT2D eigenvalue weighted by Gasteiger charge is 2.35. The number of aliphatic carboxylic acids is 1. The number of allylic oxidation sites excluding steroid dienone is 5. The van der Waals surface area contributed by atoms with E-state index in [4.69, 9.17) is 9.84 Å². The zero-order chi connectivity index (χ0) is 20.8. The monoisotopic (exact) mass is 394 g/mol. The van der Waals surface area contributed by atoms with Crippen LogP contribution in [-0.2, 0) is 9.53 Å². The molecule has 1 heterocycles. The molecular weight excluding hydrogens is 360 g/mol. The van der Waals surface area contributed by atoms with E-state index in [0.717, 1.165) is 12.8 Å². The van der Waals surface area contributed by atoms with Crippen LogP contribution in [0.1, 0.15) is 51.9 Å². The first-order valence-corrected chi connectivity index (χ1v) is 9.98. The summed E-state index contributed by atoms with van der Waals surface area (Å²) in [6.45, 7) is 1.87. The lowest BCUT2D eigenvalue weighted by Gasteiger charge is -2.16. The first kappa shape index (κ1) is 24.3. The first-order chi connectivity index (χ1) is 13.4. The predicted molar refractivity (Wildman–Crippen MR) is 109 cm³/mol. The number of hydrogen-bond acceptors (Lipinski definition) is 5. The van der Waals surface area contributed by atoms with Crippen molar-refractivity contribution < 1.29 is 30.0 Å². The lowest BCUT2D eigenvalue weighted by atomic mass is 10.0. The Kier molecular flexibility index (Phi) is 12.4. The second kappa shape index (κ2) is 14.3. The molecule has 6 heteroatoms. The molecule has 0 spiro atoms. The van der Waals surface area contributed by atoms with Crippen molar-refractivity contribution in [1.29, 1.82) is 0 Å². The zero-order valence-electron chi connectivity index (χ0n) is 16.6.